The van der Waals surface area contributed by atoms with E-state index in [1.165, 1.54) is 0 Å². The van der Waals surface area contributed by atoms with Gasteiger partial charge < -0.3 is 9.84 Å². The molecule has 5 rings (SSSR count). The molecule has 2 aliphatic carbocycles. The van der Waals surface area contributed by atoms with Crippen LogP contribution in [0.3, 0.4) is 0 Å². The number of benzene rings is 1. The number of fused-ring (bicyclic) bond motifs is 2. The summed E-state index contributed by atoms with van der Waals surface area (Å²) in [7, 11) is 0. The highest BCUT2D eigenvalue weighted by atomic mass is 16.5. The third kappa shape index (κ3) is 3.57. The molecule has 150 valence electrons. The van der Waals surface area contributed by atoms with E-state index in [4.69, 9.17) is 4.52 Å². The number of hydrogen-bond acceptors (Lipinski definition) is 5. The number of para-hydroxylation sites is 1. The Balaban J connectivity index is 1.19. The highest BCUT2D eigenvalue weighted by Gasteiger charge is 2.26. The highest BCUT2D eigenvalue weighted by Crippen LogP contribution is 2.28. The number of hydrogen-bond donors (Lipinski definition) is 1. The van der Waals surface area contributed by atoms with E-state index in [2.05, 4.69) is 15.6 Å². The largest absolute Gasteiger partial charge is 0.356 e. The second kappa shape index (κ2) is 7.46. The number of nitrogens with zero attached hydrogens (tertiary/aromatic N) is 3. The van der Waals surface area contributed by atoms with E-state index in [0.29, 0.717) is 11.3 Å². The normalized spacial score (nSPS) is 21.2. The predicted molar refractivity (Wildman–Crippen MR) is 108 cm³/mol. The minimum atomic E-state index is -0.0414. The van der Waals surface area contributed by atoms with Gasteiger partial charge in [0.05, 0.1) is 18.2 Å². The Kier molecular flexibility index (Phi) is 4.66. The van der Waals surface area contributed by atoms with Gasteiger partial charge in [-0.15, -0.1) is 0 Å². The maximum absolute atomic E-state index is 12.5. The number of carbonyl (C=O) groups excluding carboxylic acids is 1. The third-order valence-electron chi connectivity index (χ3n) is 6.17. The second-order valence-corrected chi connectivity index (χ2v) is 8.13. The summed E-state index contributed by atoms with van der Waals surface area (Å²) >= 11 is 0. The molecule has 0 bridgehead atoms. The molecule has 0 radical (unpaired) electrons. The van der Waals surface area contributed by atoms with E-state index in [1.54, 1.807) is 10.7 Å². The lowest BCUT2D eigenvalue weighted by atomic mass is 9.91. The van der Waals surface area contributed by atoms with Gasteiger partial charge in [-0.2, -0.15) is 5.10 Å². The fourth-order valence-electron chi connectivity index (χ4n) is 4.64. The molecule has 29 heavy (non-hydrogen) atoms. The first kappa shape index (κ1) is 18.1. The zero-order valence-electron chi connectivity index (χ0n) is 16.3. The van der Waals surface area contributed by atoms with Gasteiger partial charge in [-0.1, -0.05) is 17.3 Å². The van der Waals surface area contributed by atoms with Crippen LogP contribution in [0.15, 0.2) is 39.6 Å². The summed E-state index contributed by atoms with van der Waals surface area (Å²) < 4.78 is 6.96. The molecule has 7 nitrogen and oxygen atoms in total. The van der Waals surface area contributed by atoms with Crippen molar-refractivity contribution in [1.82, 2.24) is 20.3 Å². The van der Waals surface area contributed by atoms with Crippen LogP contribution in [0.4, 0.5) is 0 Å². The molecule has 1 fully saturated rings. The zero-order valence-corrected chi connectivity index (χ0v) is 16.3. The first-order valence-electron chi connectivity index (χ1n) is 10.4. The minimum Gasteiger partial charge on any atom is -0.356 e. The SMILES string of the molecule is O=C(Cc1noc2ccccc12)NC1CCC(n2nc3c(cc2=O)CCC3)CC1. The molecule has 0 saturated heterocycles. The number of amides is 1. The van der Waals surface area contributed by atoms with Crippen LogP contribution >= 0.6 is 0 Å². The van der Waals surface area contributed by atoms with Gasteiger partial charge >= 0.3 is 0 Å². The number of aromatic nitrogens is 3. The van der Waals surface area contributed by atoms with E-state index in [9.17, 15) is 9.59 Å². The third-order valence-corrected chi connectivity index (χ3v) is 6.17. The maximum atomic E-state index is 12.5. The average Bonchev–Trinajstić information content (AvgIpc) is 3.35. The van der Waals surface area contributed by atoms with Crippen LogP contribution in [0.5, 0.6) is 0 Å². The molecule has 2 aromatic heterocycles. The zero-order chi connectivity index (χ0) is 19.8. The van der Waals surface area contributed by atoms with Crippen molar-refractivity contribution < 1.29 is 9.32 Å². The van der Waals surface area contributed by atoms with Crippen LogP contribution in [-0.4, -0.2) is 26.9 Å². The van der Waals surface area contributed by atoms with Crippen LogP contribution < -0.4 is 10.9 Å². The predicted octanol–water partition coefficient (Wildman–Crippen LogP) is 2.72. The molecule has 0 atom stereocenters. The molecular weight excluding hydrogens is 368 g/mol. The van der Waals surface area contributed by atoms with Crippen molar-refractivity contribution in [3.05, 3.63) is 57.6 Å². The van der Waals surface area contributed by atoms with Crippen LogP contribution in [0.1, 0.15) is 55.1 Å². The van der Waals surface area contributed by atoms with Gasteiger partial charge in [-0.3, -0.25) is 9.59 Å². The van der Waals surface area contributed by atoms with Crippen LogP contribution in [0, 0.1) is 0 Å². The van der Waals surface area contributed by atoms with Gasteiger partial charge in [0.1, 0.15) is 5.69 Å². The van der Waals surface area contributed by atoms with E-state index in [0.717, 1.165) is 61.6 Å². The van der Waals surface area contributed by atoms with Crippen molar-refractivity contribution in [2.45, 2.75) is 63.5 Å². The van der Waals surface area contributed by atoms with Gasteiger partial charge in [0, 0.05) is 17.5 Å². The quantitative estimate of drug-likeness (QED) is 0.737. The average molecular weight is 392 g/mol. The van der Waals surface area contributed by atoms with E-state index < -0.39 is 0 Å². The molecule has 0 spiro atoms. The fraction of sp³-hybridized carbons (Fsp3) is 0.455. The van der Waals surface area contributed by atoms with Crippen LogP contribution in [0.2, 0.25) is 0 Å². The van der Waals surface area contributed by atoms with Crippen molar-refractivity contribution in [1.29, 1.82) is 0 Å². The summed E-state index contributed by atoms with van der Waals surface area (Å²) in [6, 6.07) is 9.59. The standard InChI is InChI=1S/C22H24N4O3/c27-21(13-19-17-5-1-2-7-20(17)29-25-19)23-15-8-10-16(11-9-15)26-22(28)12-14-4-3-6-18(14)24-26/h1-2,5,7,12,15-16H,3-4,6,8-11,13H2,(H,23,27). The summed E-state index contributed by atoms with van der Waals surface area (Å²) in [6.45, 7) is 0. The van der Waals surface area contributed by atoms with Gasteiger partial charge in [-0.25, -0.2) is 4.68 Å². The Hall–Kier alpha value is -2.96. The lowest BCUT2D eigenvalue weighted by Crippen LogP contribution is -2.40. The van der Waals surface area contributed by atoms with Gasteiger partial charge in [0.2, 0.25) is 5.91 Å². The van der Waals surface area contributed by atoms with Gasteiger partial charge in [0.25, 0.3) is 5.56 Å². The Morgan fingerprint density at radius 1 is 1.17 bits per heavy atom. The molecule has 2 heterocycles. The maximum Gasteiger partial charge on any atom is 0.267 e. The lowest BCUT2D eigenvalue weighted by Gasteiger charge is -2.29. The molecule has 0 unspecified atom stereocenters. The molecule has 1 amide bonds. The summed E-state index contributed by atoms with van der Waals surface area (Å²) in [5.41, 5.74) is 3.58. The molecule has 1 aromatic carbocycles. The van der Waals surface area contributed by atoms with Crippen molar-refractivity contribution >= 4 is 16.9 Å². The van der Waals surface area contributed by atoms with Crippen molar-refractivity contribution in [3.63, 3.8) is 0 Å². The molecule has 1 N–H and O–H groups in total. The highest BCUT2D eigenvalue weighted by molar-refractivity contribution is 5.86. The Labute approximate surface area is 168 Å². The van der Waals surface area contributed by atoms with Crippen LogP contribution in [-0.2, 0) is 24.1 Å². The Morgan fingerprint density at radius 2 is 2.00 bits per heavy atom. The van der Waals surface area contributed by atoms with E-state index in [1.807, 2.05) is 24.3 Å². The Morgan fingerprint density at radius 3 is 2.86 bits per heavy atom. The molecule has 3 aromatic rings. The molecular formula is C22H24N4O3. The van der Waals surface area contributed by atoms with Gasteiger partial charge in [-0.05, 0) is 62.6 Å². The van der Waals surface area contributed by atoms with Crippen LogP contribution in [0.25, 0.3) is 11.0 Å². The van der Waals surface area contributed by atoms with Crippen molar-refractivity contribution in [2.24, 2.45) is 0 Å². The molecule has 1 saturated carbocycles. The summed E-state index contributed by atoms with van der Waals surface area (Å²) in [4.78, 5) is 24.9. The number of aryl methyl sites for hydroxylation is 2. The molecule has 2 aliphatic rings. The Bertz CT molecular complexity index is 1110. The lowest BCUT2D eigenvalue weighted by molar-refractivity contribution is -0.121. The summed E-state index contributed by atoms with van der Waals surface area (Å²) in [6.07, 6.45) is 6.64. The molecule has 7 heteroatoms. The van der Waals surface area contributed by atoms with E-state index in [-0.39, 0.29) is 30.0 Å². The van der Waals surface area contributed by atoms with E-state index >= 15 is 0 Å². The van der Waals surface area contributed by atoms with Crippen molar-refractivity contribution in [2.75, 3.05) is 0 Å². The first-order chi connectivity index (χ1) is 14.2. The topological polar surface area (TPSA) is 90.0 Å². The summed E-state index contributed by atoms with van der Waals surface area (Å²) in [5, 5.41) is 12.7. The first-order valence-corrected chi connectivity index (χ1v) is 10.4. The van der Waals surface area contributed by atoms with Crippen molar-refractivity contribution in [3.8, 4) is 0 Å². The fourth-order valence-corrected chi connectivity index (χ4v) is 4.64. The molecule has 0 aliphatic heterocycles. The van der Waals surface area contributed by atoms with Gasteiger partial charge in [0.15, 0.2) is 5.58 Å². The number of nitrogens with one attached hydrogen (secondary N) is 1. The minimum absolute atomic E-state index is 0.0102. The number of rotatable bonds is 4. The summed E-state index contributed by atoms with van der Waals surface area (Å²) in [5.74, 6) is -0.0414. The smallest absolute Gasteiger partial charge is 0.267 e. The number of carbonyl (C=O) groups is 1. The monoisotopic (exact) mass is 392 g/mol. The second-order valence-electron chi connectivity index (χ2n) is 8.13.